The summed E-state index contributed by atoms with van der Waals surface area (Å²) in [4.78, 5) is 29.3. The second kappa shape index (κ2) is 15.2. The number of rotatable bonds is 8. The Hall–Kier alpha value is -7.95. The van der Waals surface area contributed by atoms with Gasteiger partial charge in [-0.2, -0.15) is 5.26 Å². The van der Waals surface area contributed by atoms with Gasteiger partial charge in [-0.15, -0.1) is 0 Å². The molecule has 0 saturated heterocycles. The van der Waals surface area contributed by atoms with Gasteiger partial charge in [-0.05, 0) is 22.8 Å². The maximum atomic E-state index is 10.5. The third-order valence-electron chi connectivity index (χ3n) is 9.47. The average Bonchev–Trinajstić information content (AvgIpc) is 3.29. The van der Waals surface area contributed by atoms with E-state index in [1.807, 2.05) is 188 Å². The molecule has 0 unspecified atom stereocenters. The van der Waals surface area contributed by atoms with E-state index in [1.54, 1.807) is 0 Å². The molecule has 7 aromatic carbocycles. The van der Waals surface area contributed by atoms with Gasteiger partial charge in [0.2, 0.25) is 0 Å². The molecular weight excluding hydrogens is 687 g/mol. The third kappa shape index (κ3) is 6.94. The van der Waals surface area contributed by atoms with Gasteiger partial charge < -0.3 is 0 Å². The smallest absolute Gasteiger partial charge is 0.164 e. The van der Waals surface area contributed by atoms with Gasteiger partial charge in [0.25, 0.3) is 0 Å². The highest BCUT2D eigenvalue weighted by Gasteiger charge is 2.18. The molecule has 0 aliphatic carbocycles. The second-order valence-corrected chi connectivity index (χ2v) is 13.1. The van der Waals surface area contributed by atoms with Crippen molar-refractivity contribution in [1.29, 1.82) is 5.26 Å². The Kier molecular flexibility index (Phi) is 9.18. The molecule has 0 spiro atoms. The summed E-state index contributed by atoms with van der Waals surface area (Å²) in [6.07, 6.45) is 0. The lowest BCUT2D eigenvalue weighted by Gasteiger charge is -2.14. The van der Waals surface area contributed by atoms with Crippen molar-refractivity contribution in [2.75, 3.05) is 0 Å². The van der Waals surface area contributed by atoms with E-state index >= 15 is 0 Å². The van der Waals surface area contributed by atoms with E-state index in [1.165, 1.54) is 0 Å². The lowest BCUT2D eigenvalue weighted by Crippen LogP contribution is -2.01. The first-order valence-corrected chi connectivity index (χ1v) is 18.2. The average molecular weight is 718 g/mol. The Bertz CT molecular complexity index is 2720. The molecule has 0 saturated carbocycles. The highest BCUT2D eigenvalue weighted by Crippen LogP contribution is 2.36. The van der Waals surface area contributed by atoms with E-state index in [-0.39, 0.29) is 0 Å². The molecule has 9 aromatic rings. The minimum absolute atomic E-state index is 0.529. The van der Waals surface area contributed by atoms with Crippen LogP contribution in [0.3, 0.4) is 0 Å². The van der Waals surface area contributed by atoms with Crippen molar-refractivity contribution in [3.63, 3.8) is 0 Å². The zero-order chi connectivity index (χ0) is 37.7. The van der Waals surface area contributed by atoms with Gasteiger partial charge in [0.1, 0.15) is 0 Å². The molecule has 0 bridgehead atoms. The van der Waals surface area contributed by atoms with Gasteiger partial charge in [0.15, 0.2) is 34.9 Å². The molecule has 0 atom stereocenters. The van der Waals surface area contributed by atoms with Crippen LogP contribution in [0.4, 0.5) is 0 Å². The van der Waals surface area contributed by atoms with Crippen LogP contribution in [-0.2, 0) is 0 Å². The second-order valence-electron chi connectivity index (χ2n) is 13.1. The van der Waals surface area contributed by atoms with Crippen LogP contribution in [-0.4, -0.2) is 29.9 Å². The molecule has 0 aliphatic rings. The van der Waals surface area contributed by atoms with E-state index in [9.17, 15) is 5.26 Å². The van der Waals surface area contributed by atoms with Crippen molar-refractivity contribution in [3.8, 4) is 96.7 Å². The minimum atomic E-state index is 0.529. The monoisotopic (exact) mass is 717 g/mol. The highest BCUT2D eigenvalue weighted by atomic mass is 15.0. The molecule has 0 radical (unpaired) electrons. The maximum absolute atomic E-state index is 10.5. The highest BCUT2D eigenvalue weighted by molar-refractivity contribution is 5.86. The summed E-state index contributed by atoms with van der Waals surface area (Å²) in [6.45, 7) is 0. The van der Waals surface area contributed by atoms with Crippen LogP contribution in [0.2, 0.25) is 0 Å². The lowest BCUT2D eigenvalue weighted by molar-refractivity contribution is 1.07. The zero-order valence-corrected chi connectivity index (χ0v) is 30.0. The molecule has 56 heavy (non-hydrogen) atoms. The number of nitrogens with zero attached hydrogens (tertiary/aromatic N) is 7. The summed E-state index contributed by atoms with van der Waals surface area (Å²) in [5.74, 6) is 3.48. The molecule has 2 heterocycles. The molecule has 0 N–H and O–H groups in total. The Morgan fingerprint density at radius 3 is 1.00 bits per heavy atom. The van der Waals surface area contributed by atoms with Gasteiger partial charge >= 0.3 is 0 Å². The molecule has 7 heteroatoms. The Labute approximate surface area is 324 Å². The van der Waals surface area contributed by atoms with E-state index in [0.717, 1.165) is 55.6 Å². The van der Waals surface area contributed by atoms with Gasteiger partial charge in [0.05, 0.1) is 11.6 Å². The normalized spacial score (nSPS) is 10.8. The Morgan fingerprint density at radius 1 is 0.268 bits per heavy atom. The number of aromatic nitrogens is 6. The molecule has 2 aromatic heterocycles. The standard InChI is InChI=1S/C49H31N7/c50-32-40-31-39(33-25-27-38(28-26-33)48-52-44(34-15-5-1-6-16-34)51-45(53-48)35-17-7-2-8-18-35)29-30-41(40)42-23-13-14-24-43(42)49-55-46(36-19-9-3-10-20-36)54-47(56-49)37-21-11-4-12-22-37/h1-31H. The van der Waals surface area contributed by atoms with Crippen molar-refractivity contribution in [2.24, 2.45) is 0 Å². The fourth-order valence-electron chi connectivity index (χ4n) is 6.64. The summed E-state index contributed by atoms with van der Waals surface area (Å²) < 4.78 is 0. The van der Waals surface area contributed by atoms with Crippen LogP contribution < -0.4 is 0 Å². The molecule has 262 valence electrons. The van der Waals surface area contributed by atoms with E-state index in [4.69, 9.17) is 29.9 Å². The number of nitriles is 1. The van der Waals surface area contributed by atoms with Gasteiger partial charge in [-0.1, -0.05) is 182 Å². The first-order valence-electron chi connectivity index (χ1n) is 18.2. The van der Waals surface area contributed by atoms with Gasteiger partial charge in [-0.3, -0.25) is 0 Å². The Morgan fingerprint density at radius 2 is 0.589 bits per heavy atom. The first-order chi connectivity index (χ1) is 27.7. The number of hydrogen-bond donors (Lipinski definition) is 0. The largest absolute Gasteiger partial charge is 0.208 e. The van der Waals surface area contributed by atoms with E-state index in [2.05, 4.69) is 6.07 Å². The summed E-state index contributed by atoms with van der Waals surface area (Å²) >= 11 is 0. The number of benzene rings is 7. The zero-order valence-electron chi connectivity index (χ0n) is 30.0. The summed E-state index contributed by atoms with van der Waals surface area (Å²) in [5.41, 5.74) is 9.34. The van der Waals surface area contributed by atoms with Crippen LogP contribution in [0.25, 0.3) is 90.6 Å². The lowest BCUT2D eigenvalue weighted by atomic mass is 9.92. The van der Waals surface area contributed by atoms with Crippen LogP contribution in [0.15, 0.2) is 188 Å². The van der Waals surface area contributed by atoms with Gasteiger partial charge in [0, 0.05) is 38.9 Å². The third-order valence-corrected chi connectivity index (χ3v) is 9.47. The van der Waals surface area contributed by atoms with Crippen LogP contribution in [0.1, 0.15) is 5.56 Å². The number of hydrogen-bond acceptors (Lipinski definition) is 7. The van der Waals surface area contributed by atoms with Crippen molar-refractivity contribution >= 4 is 0 Å². The van der Waals surface area contributed by atoms with Gasteiger partial charge in [-0.25, -0.2) is 29.9 Å². The van der Waals surface area contributed by atoms with Crippen LogP contribution in [0, 0.1) is 11.3 Å². The van der Waals surface area contributed by atoms with Crippen LogP contribution >= 0.6 is 0 Å². The van der Waals surface area contributed by atoms with Crippen molar-refractivity contribution in [2.45, 2.75) is 0 Å². The summed E-state index contributed by atoms with van der Waals surface area (Å²) in [5, 5.41) is 10.5. The fourth-order valence-corrected chi connectivity index (χ4v) is 6.64. The van der Waals surface area contributed by atoms with E-state index in [0.29, 0.717) is 40.5 Å². The fraction of sp³-hybridized carbons (Fsp3) is 0. The topological polar surface area (TPSA) is 101 Å². The minimum Gasteiger partial charge on any atom is -0.208 e. The molecule has 7 nitrogen and oxygen atoms in total. The van der Waals surface area contributed by atoms with Crippen molar-refractivity contribution in [1.82, 2.24) is 29.9 Å². The summed E-state index contributed by atoms with van der Waals surface area (Å²) in [7, 11) is 0. The van der Waals surface area contributed by atoms with Crippen molar-refractivity contribution in [3.05, 3.63) is 194 Å². The predicted octanol–water partition coefficient (Wildman–Crippen LogP) is 11.3. The first kappa shape index (κ1) is 33.9. The van der Waals surface area contributed by atoms with E-state index < -0.39 is 0 Å². The molecule has 0 fully saturated rings. The SMILES string of the molecule is N#Cc1cc(-c2ccc(-c3nc(-c4ccccc4)nc(-c4ccccc4)n3)cc2)ccc1-c1ccccc1-c1nc(-c2ccccc2)nc(-c2ccccc2)n1. The molecule has 9 rings (SSSR count). The molecule has 0 aliphatic heterocycles. The quantitative estimate of drug-likeness (QED) is 0.154. The maximum Gasteiger partial charge on any atom is 0.164 e. The molecule has 0 amide bonds. The summed E-state index contributed by atoms with van der Waals surface area (Å²) in [6, 6.07) is 64.1. The predicted molar refractivity (Wildman–Crippen MR) is 221 cm³/mol. The molecular formula is C49H31N7. The van der Waals surface area contributed by atoms with Crippen molar-refractivity contribution < 1.29 is 0 Å². The Balaban J connectivity index is 1.08. The van der Waals surface area contributed by atoms with Crippen LogP contribution in [0.5, 0.6) is 0 Å².